The first kappa shape index (κ1) is 13.1. The van der Waals surface area contributed by atoms with E-state index >= 15 is 0 Å². The van der Waals surface area contributed by atoms with Gasteiger partial charge in [-0.2, -0.15) is 0 Å². The average Bonchev–Trinajstić information content (AvgIpc) is 2.68. The standard InChI is InChI=1S/C13H17N3OS/c1-8-10(3)17-13(16-8)18-11-5-6-12(15-7-11)9(2)14-4/h5-7,9,14H,1-4H3. The molecule has 0 spiro atoms. The normalized spacial score (nSPS) is 12.7. The molecule has 0 saturated heterocycles. The minimum atomic E-state index is 0.260. The summed E-state index contributed by atoms with van der Waals surface area (Å²) in [6, 6.07) is 4.32. The first-order chi connectivity index (χ1) is 8.60. The largest absolute Gasteiger partial charge is 0.436 e. The summed E-state index contributed by atoms with van der Waals surface area (Å²) >= 11 is 1.49. The molecule has 0 aliphatic heterocycles. The zero-order chi connectivity index (χ0) is 13.1. The maximum atomic E-state index is 5.53. The van der Waals surface area contributed by atoms with Crippen LogP contribution in [-0.2, 0) is 0 Å². The fourth-order valence-corrected chi connectivity index (χ4v) is 2.24. The van der Waals surface area contributed by atoms with Crippen molar-refractivity contribution in [3.05, 3.63) is 35.5 Å². The molecule has 0 fully saturated rings. The first-order valence-corrected chi connectivity index (χ1v) is 6.67. The van der Waals surface area contributed by atoms with Gasteiger partial charge in [-0.15, -0.1) is 0 Å². The van der Waals surface area contributed by atoms with Crippen LogP contribution in [0.3, 0.4) is 0 Å². The van der Waals surface area contributed by atoms with Crippen molar-refractivity contribution in [1.29, 1.82) is 0 Å². The molecule has 0 bridgehead atoms. The Morgan fingerprint density at radius 3 is 2.61 bits per heavy atom. The number of oxazole rings is 1. The molecule has 18 heavy (non-hydrogen) atoms. The number of pyridine rings is 1. The summed E-state index contributed by atoms with van der Waals surface area (Å²) in [5.74, 6) is 0.867. The highest BCUT2D eigenvalue weighted by Crippen LogP contribution is 2.28. The van der Waals surface area contributed by atoms with Crippen LogP contribution in [0.5, 0.6) is 0 Å². The zero-order valence-corrected chi connectivity index (χ0v) is 11.8. The molecule has 1 atom stereocenters. The van der Waals surface area contributed by atoms with Gasteiger partial charge in [-0.25, -0.2) is 4.98 Å². The summed E-state index contributed by atoms with van der Waals surface area (Å²) in [6.07, 6.45) is 1.85. The number of nitrogens with one attached hydrogen (secondary N) is 1. The Morgan fingerprint density at radius 2 is 2.11 bits per heavy atom. The molecule has 2 aromatic heterocycles. The van der Waals surface area contributed by atoms with Crippen LogP contribution in [0.1, 0.15) is 30.1 Å². The van der Waals surface area contributed by atoms with Crippen molar-refractivity contribution >= 4 is 11.8 Å². The Labute approximate surface area is 111 Å². The molecule has 2 rings (SSSR count). The molecular weight excluding hydrogens is 246 g/mol. The molecule has 2 aromatic rings. The summed E-state index contributed by atoms with van der Waals surface area (Å²) in [7, 11) is 1.92. The minimum absolute atomic E-state index is 0.260. The lowest BCUT2D eigenvalue weighted by Gasteiger charge is -2.09. The van der Waals surface area contributed by atoms with Crippen LogP contribution >= 0.6 is 11.8 Å². The second kappa shape index (κ2) is 5.54. The van der Waals surface area contributed by atoms with E-state index in [1.165, 1.54) is 11.8 Å². The van der Waals surface area contributed by atoms with Gasteiger partial charge in [-0.1, -0.05) is 0 Å². The van der Waals surface area contributed by atoms with E-state index in [9.17, 15) is 0 Å². The minimum Gasteiger partial charge on any atom is -0.436 e. The molecule has 1 unspecified atom stereocenters. The molecule has 1 N–H and O–H groups in total. The lowest BCUT2D eigenvalue weighted by molar-refractivity contribution is 0.431. The molecule has 0 saturated carbocycles. The Kier molecular flexibility index (Phi) is 4.04. The predicted octanol–water partition coefficient (Wildman–Crippen LogP) is 3.12. The van der Waals surface area contributed by atoms with Gasteiger partial charge in [-0.3, -0.25) is 4.98 Å². The molecular formula is C13H17N3OS. The molecule has 5 heteroatoms. The lowest BCUT2D eigenvalue weighted by Crippen LogP contribution is -2.13. The van der Waals surface area contributed by atoms with E-state index in [0.717, 1.165) is 22.0 Å². The molecule has 0 aliphatic rings. The van der Waals surface area contributed by atoms with Gasteiger partial charge < -0.3 is 9.73 Å². The van der Waals surface area contributed by atoms with Gasteiger partial charge in [0.05, 0.1) is 11.4 Å². The Hall–Kier alpha value is -1.33. The first-order valence-electron chi connectivity index (χ1n) is 5.85. The van der Waals surface area contributed by atoms with Crippen LogP contribution in [0.25, 0.3) is 0 Å². The second-order valence-corrected chi connectivity index (χ2v) is 5.18. The van der Waals surface area contributed by atoms with Crippen molar-refractivity contribution in [3.63, 3.8) is 0 Å². The fourth-order valence-electron chi connectivity index (χ4n) is 1.44. The number of aromatic nitrogens is 2. The van der Waals surface area contributed by atoms with Crippen molar-refractivity contribution in [2.75, 3.05) is 7.05 Å². The van der Waals surface area contributed by atoms with Crippen LogP contribution in [0.15, 0.2) is 32.9 Å². The van der Waals surface area contributed by atoms with Crippen molar-refractivity contribution in [2.24, 2.45) is 0 Å². The summed E-state index contributed by atoms with van der Waals surface area (Å²) in [4.78, 5) is 9.79. The molecule has 96 valence electrons. The van der Waals surface area contributed by atoms with Crippen molar-refractivity contribution in [2.45, 2.75) is 36.9 Å². The van der Waals surface area contributed by atoms with Crippen LogP contribution in [0, 0.1) is 13.8 Å². The summed E-state index contributed by atoms with van der Waals surface area (Å²) in [6.45, 7) is 5.94. The highest BCUT2D eigenvalue weighted by Gasteiger charge is 2.09. The van der Waals surface area contributed by atoms with Gasteiger partial charge in [0.1, 0.15) is 5.76 Å². The van der Waals surface area contributed by atoms with Crippen LogP contribution in [0.2, 0.25) is 0 Å². The van der Waals surface area contributed by atoms with E-state index < -0.39 is 0 Å². The van der Waals surface area contributed by atoms with E-state index in [2.05, 4.69) is 22.2 Å². The van der Waals surface area contributed by atoms with Crippen LogP contribution < -0.4 is 5.32 Å². The van der Waals surface area contributed by atoms with E-state index in [1.807, 2.05) is 39.2 Å². The van der Waals surface area contributed by atoms with Gasteiger partial charge in [0.15, 0.2) is 0 Å². The van der Waals surface area contributed by atoms with E-state index in [0.29, 0.717) is 5.22 Å². The molecule has 0 aliphatic carbocycles. The van der Waals surface area contributed by atoms with Gasteiger partial charge in [0.25, 0.3) is 5.22 Å². The summed E-state index contributed by atoms with van der Waals surface area (Å²) in [5.41, 5.74) is 1.97. The monoisotopic (exact) mass is 263 g/mol. The lowest BCUT2D eigenvalue weighted by atomic mass is 10.2. The molecule has 0 aromatic carbocycles. The van der Waals surface area contributed by atoms with Crippen LogP contribution in [-0.4, -0.2) is 17.0 Å². The van der Waals surface area contributed by atoms with E-state index in [1.54, 1.807) is 0 Å². The highest BCUT2D eigenvalue weighted by molar-refractivity contribution is 7.99. The van der Waals surface area contributed by atoms with Crippen molar-refractivity contribution in [3.8, 4) is 0 Å². The van der Waals surface area contributed by atoms with Gasteiger partial charge >= 0.3 is 0 Å². The van der Waals surface area contributed by atoms with Crippen LogP contribution in [0.4, 0.5) is 0 Å². The average molecular weight is 263 g/mol. The van der Waals surface area contributed by atoms with Gasteiger partial charge in [0, 0.05) is 17.1 Å². The molecule has 0 radical (unpaired) electrons. The Bertz CT molecular complexity index is 502. The Morgan fingerprint density at radius 1 is 1.33 bits per heavy atom. The molecule has 2 heterocycles. The fraction of sp³-hybridized carbons (Fsp3) is 0.385. The Balaban J connectivity index is 2.10. The van der Waals surface area contributed by atoms with E-state index in [-0.39, 0.29) is 6.04 Å². The zero-order valence-electron chi connectivity index (χ0n) is 11.0. The third-order valence-corrected chi connectivity index (χ3v) is 3.68. The number of hydrogen-bond donors (Lipinski definition) is 1. The maximum Gasteiger partial charge on any atom is 0.261 e. The molecule has 0 amide bonds. The molecule has 4 nitrogen and oxygen atoms in total. The smallest absolute Gasteiger partial charge is 0.261 e. The predicted molar refractivity (Wildman–Crippen MR) is 71.8 cm³/mol. The number of rotatable bonds is 4. The third kappa shape index (κ3) is 2.91. The number of hydrogen-bond acceptors (Lipinski definition) is 5. The quantitative estimate of drug-likeness (QED) is 0.918. The highest BCUT2D eigenvalue weighted by atomic mass is 32.2. The third-order valence-electron chi connectivity index (χ3n) is 2.85. The van der Waals surface area contributed by atoms with Gasteiger partial charge in [-0.05, 0) is 51.7 Å². The topological polar surface area (TPSA) is 51.0 Å². The van der Waals surface area contributed by atoms with E-state index in [4.69, 9.17) is 4.42 Å². The number of aryl methyl sites for hydroxylation is 2. The number of nitrogens with zero attached hydrogens (tertiary/aromatic N) is 2. The summed E-state index contributed by atoms with van der Waals surface area (Å²) in [5, 5.41) is 3.83. The van der Waals surface area contributed by atoms with Crippen molar-refractivity contribution in [1.82, 2.24) is 15.3 Å². The SMILES string of the molecule is CNC(C)c1ccc(Sc2nc(C)c(C)o2)cn1. The second-order valence-electron chi connectivity index (χ2n) is 4.15. The van der Waals surface area contributed by atoms with Gasteiger partial charge in [0.2, 0.25) is 0 Å². The summed E-state index contributed by atoms with van der Waals surface area (Å²) < 4.78 is 5.53. The maximum absolute atomic E-state index is 5.53. The van der Waals surface area contributed by atoms with Crippen molar-refractivity contribution < 1.29 is 4.42 Å².